The van der Waals surface area contributed by atoms with Crippen LogP contribution in [-0.2, 0) is 4.74 Å². The Bertz CT molecular complexity index is 629. The summed E-state index contributed by atoms with van der Waals surface area (Å²) in [7, 11) is 0. The van der Waals surface area contributed by atoms with Crippen molar-refractivity contribution in [3.8, 4) is 6.01 Å². The van der Waals surface area contributed by atoms with Crippen molar-refractivity contribution in [3.05, 3.63) is 53.9 Å². The fourth-order valence-electron chi connectivity index (χ4n) is 2.44. The van der Waals surface area contributed by atoms with Crippen molar-refractivity contribution in [3.63, 3.8) is 0 Å². The van der Waals surface area contributed by atoms with Crippen molar-refractivity contribution in [2.45, 2.75) is 52.1 Å². The van der Waals surface area contributed by atoms with Crippen LogP contribution in [0.2, 0.25) is 0 Å². The molecule has 1 aromatic heterocycles. The molecule has 1 aromatic carbocycles. The van der Waals surface area contributed by atoms with E-state index in [0.29, 0.717) is 24.6 Å². The molecule has 0 bridgehead atoms. The third-order valence-corrected chi connectivity index (χ3v) is 3.88. The number of aromatic nitrogens is 2. The lowest BCUT2D eigenvalue weighted by atomic mass is 10.1. The van der Waals surface area contributed by atoms with Gasteiger partial charge in [-0.1, -0.05) is 63.4 Å². The molecule has 2 rings (SSSR count). The van der Waals surface area contributed by atoms with Gasteiger partial charge in [-0.2, -0.15) is 0 Å². The highest BCUT2D eigenvalue weighted by Crippen LogP contribution is 2.22. The second-order valence-corrected chi connectivity index (χ2v) is 5.88. The van der Waals surface area contributed by atoms with E-state index in [2.05, 4.69) is 16.9 Å². The number of carbonyl (C=O) groups excluding carboxylic acids is 1. The molecular formula is C20H26N2O3. The molecule has 0 fully saturated rings. The number of benzene rings is 1. The van der Waals surface area contributed by atoms with Crippen LogP contribution in [0.5, 0.6) is 6.01 Å². The maximum Gasteiger partial charge on any atom is 0.341 e. The van der Waals surface area contributed by atoms with Gasteiger partial charge >= 0.3 is 12.0 Å². The molecule has 0 aliphatic rings. The third kappa shape index (κ3) is 6.18. The number of hydrogen-bond donors (Lipinski definition) is 0. The normalized spacial score (nSPS) is 11.8. The molecule has 0 saturated carbocycles. The number of rotatable bonds is 10. The van der Waals surface area contributed by atoms with E-state index in [9.17, 15) is 4.79 Å². The minimum absolute atomic E-state index is 0.275. The van der Waals surface area contributed by atoms with Gasteiger partial charge in [-0.15, -0.1) is 0 Å². The van der Waals surface area contributed by atoms with Crippen molar-refractivity contribution < 1.29 is 14.3 Å². The van der Waals surface area contributed by atoms with E-state index in [1.807, 2.05) is 37.3 Å². The number of ether oxygens (including phenoxy) is 2. The molecule has 0 saturated heterocycles. The van der Waals surface area contributed by atoms with Crippen LogP contribution in [0.15, 0.2) is 42.7 Å². The summed E-state index contributed by atoms with van der Waals surface area (Å²) in [6, 6.07) is 10.00. The highest BCUT2D eigenvalue weighted by molar-refractivity contribution is 5.88. The summed E-state index contributed by atoms with van der Waals surface area (Å²) in [4.78, 5) is 20.5. The summed E-state index contributed by atoms with van der Waals surface area (Å²) in [5.41, 5.74) is 1.30. The highest BCUT2D eigenvalue weighted by atomic mass is 16.5. The minimum atomic E-state index is -0.426. The molecular weight excluding hydrogens is 316 g/mol. The van der Waals surface area contributed by atoms with Crippen molar-refractivity contribution in [2.75, 3.05) is 6.61 Å². The van der Waals surface area contributed by atoms with Crippen LogP contribution < -0.4 is 4.74 Å². The van der Waals surface area contributed by atoms with Gasteiger partial charge in [0.05, 0.1) is 12.2 Å². The third-order valence-electron chi connectivity index (χ3n) is 3.88. The molecule has 25 heavy (non-hydrogen) atoms. The van der Waals surface area contributed by atoms with E-state index in [4.69, 9.17) is 9.47 Å². The molecule has 1 heterocycles. The Morgan fingerprint density at radius 3 is 2.40 bits per heavy atom. The van der Waals surface area contributed by atoms with Crippen LogP contribution in [0.4, 0.5) is 0 Å². The van der Waals surface area contributed by atoms with Crippen molar-refractivity contribution in [1.29, 1.82) is 0 Å². The molecule has 0 amide bonds. The summed E-state index contributed by atoms with van der Waals surface area (Å²) >= 11 is 0. The molecule has 0 spiro atoms. The Morgan fingerprint density at radius 1 is 1.04 bits per heavy atom. The molecule has 2 aromatic rings. The smallest absolute Gasteiger partial charge is 0.341 e. The van der Waals surface area contributed by atoms with Gasteiger partial charge in [0.15, 0.2) is 0 Å². The Labute approximate surface area is 149 Å². The predicted octanol–water partition coefficient (Wildman–Crippen LogP) is 4.74. The number of hydrogen-bond acceptors (Lipinski definition) is 5. The summed E-state index contributed by atoms with van der Waals surface area (Å²) in [6.07, 6.45) is 7.85. The topological polar surface area (TPSA) is 61.3 Å². The Hall–Kier alpha value is -2.43. The lowest BCUT2D eigenvalue weighted by Crippen LogP contribution is -2.12. The lowest BCUT2D eigenvalue weighted by Gasteiger charge is -2.16. The van der Waals surface area contributed by atoms with Gasteiger partial charge in [0, 0.05) is 12.4 Å². The Balaban J connectivity index is 1.87. The first-order valence-corrected chi connectivity index (χ1v) is 8.95. The molecule has 0 N–H and O–H groups in total. The first kappa shape index (κ1) is 18.9. The van der Waals surface area contributed by atoms with Crippen LogP contribution in [0.3, 0.4) is 0 Å². The molecule has 5 nitrogen and oxygen atoms in total. The maximum absolute atomic E-state index is 12.3. The fourth-order valence-corrected chi connectivity index (χ4v) is 2.44. The van der Waals surface area contributed by atoms with Gasteiger partial charge in [-0.05, 0) is 18.4 Å². The van der Waals surface area contributed by atoms with Crippen LogP contribution in [0.1, 0.15) is 68.0 Å². The van der Waals surface area contributed by atoms with E-state index in [0.717, 1.165) is 18.4 Å². The molecule has 0 aliphatic heterocycles. The molecule has 0 radical (unpaired) electrons. The quantitative estimate of drug-likeness (QED) is 0.461. The summed E-state index contributed by atoms with van der Waals surface area (Å²) in [5, 5.41) is 0. The average Bonchev–Trinajstić information content (AvgIpc) is 2.67. The molecule has 1 atom stereocenters. The first-order valence-electron chi connectivity index (χ1n) is 8.95. The van der Waals surface area contributed by atoms with Crippen LogP contribution in [0.25, 0.3) is 0 Å². The number of carbonyl (C=O) groups is 1. The van der Waals surface area contributed by atoms with Gasteiger partial charge in [-0.25, -0.2) is 14.8 Å². The minimum Gasteiger partial charge on any atom is -0.463 e. The van der Waals surface area contributed by atoms with E-state index in [1.54, 1.807) is 0 Å². The number of esters is 1. The lowest BCUT2D eigenvalue weighted by molar-refractivity contribution is 0.0286. The van der Waals surface area contributed by atoms with Gasteiger partial charge in [-0.3, -0.25) is 0 Å². The second kappa shape index (κ2) is 10.4. The standard InChI is InChI=1S/C20H26N2O3/c1-3-5-6-10-13-24-20-21-14-17(15-22-20)19(23)25-18(4-2)16-11-8-7-9-12-16/h7-9,11-12,14-15,18H,3-6,10,13H2,1-2H3. The van der Waals surface area contributed by atoms with Crippen LogP contribution in [-0.4, -0.2) is 22.5 Å². The van der Waals surface area contributed by atoms with Crippen molar-refractivity contribution >= 4 is 5.97 Å². The van der Waals surface area contributed by atoms with Gasteiger partial charge in [0.2, 0.25) is 0 Å². The zero-order valence-corrected chi connectivity index (χ0v) is 15.0. The largest absolute Gasteiger partial charge is 0.463 e. The van der Waals surface area contributed by atoms with Crippen molar-refractivity contribution in [2.24, 2.45) is 0 Å². The molecule has 5 heteroatoms. The maximum atomic E-state index is 12.3. The Morgan fingerprint density at radius 2 is 1.76 bits per heavy atom. The zero-order valence-electron chi connectivity index (χ0n) is 15.0. The molecule has 0 aliphatic carbocycles. The van der Waals surface area contributed by atoms with E-state index >= 15 is 0 Å². The average molecular weight is 342 g/mol. The zero-order chi connectivity index (χ0) is 17.9. The molecule has 134 valence electrons. The Kier molecular flexibility index (Phi) is 7.89. The fraction of sp³-hybridized carbons (Fsp3) is 0.450. The second-order valence-electron chi connectivity index (χ2n) is 5.88. The van der Waals surface area contributed by atoms with Crippen LogP contribution in [0, 0.1) is 0 Å². The summed E-state index contributed by atoms with van der Waals surface area (Å²) < 4.78 is 11.1. The van der Waals surface area contributed by atoms with E-state index in [-0.39, 0.29) is 6.10 Å². The number of nitrogens with zero attached hydrogens (tertiary/aromatic N) is 2. The molecule has 1 unspecified atom stereocenters. The highest BCUT2D eigenvalue weighted by Gasteiger charge is 2.17. The summed E-state index contributed by atoms with van der Waals surface area (Å²) in [5.74, 6) is -0.426. The first-order chi connectivity index (χ1) is 12.2. The van der Waals surface area contributed by atoms with Gasteiger partial charge < -0.3 is 9.47 Å². The van der Waals surface area contributed by atoms with Crippen molar-refractivity contribution in [1.82, 2.24) is 9.97 Å². The summed E-state index contributed by atoms with van der Waals surface area (Å²) in [6.45, 7) is 4.75. The van der Waals surface area contributed by atoms with Gasteiger partial charge in [0.1, 0.15) is 6.10 Å². The van der Waals surface area contributed by atoms with Crippen LogP contribution >= 0.6 is 0 Å². The van der Waals surface area contributed by atoms with E-state index in [1.165, 1.54) is 25.2 Å². The number of unbranched alkanes of at least 4 members (excludes halogenated alkanes) is 3. The SMILES string of the molecule is CCCCCCOc1ncc(C(=O)OC(CC)c2ccccc2)cn1. The monoisotopic (exact) mass is 342 g/mol. The van der Waals surface area contributed by atoms with E-state index < -0.39 is 5.97 Å². The predicted molar refractivity (Wildman–Crippen MR) is 96.6 cm³/mol. The van der Waals surface area contributed by atoms with Gasteiger partial charge in [0.25, 0.3) is 0 Å².